The number of nitrogens with zero attached hydrogens (tertiary/aromatic N) is 1. The third-order valence-electron chi connectivity index (χ3n) is 2.30. The van der Waals surface area contributed by atoms with Crippen molar-refractivity contribution in [1.82, 2.24) is 4.98 Å². The lowest BCUT2D eigenvalue weighted by atomic mass is 10.1. The van der Waals surface area contributed by atoms with Gasteiger partial charge in [0.15, 0.2) is 10.8 Å². The Bertz CT molecular complexity index is 447. The summed E-state index contributed by atoms with van der Waals surface area (Å²) >= 11 is 0.408. The van der Waals surface area contributed by atoms with Crippen molar-refractivity contribution < 1.29 is 18.0 Å². The van der Waals surface area contributed by atoms with Gasteiger partial charge in [0.2, 0.25) is 0 Å². The Morgan fingerprint density at radius 1 is 1.44 bits per heavy atom. The van der Waals surface area contributed by atoms with Crippen LogP contribution in [-0.2, 0) is 6.18 Å². The van der Waals surface area contributed by atoms with Gasteiger partial charge in [0.05, 0.1) is 4.88 Å². The summed E-state index contributed by atoms with van der Waals surface area (Å²) < 4.78 is 36.8. The van der Waals surface area contributed by atoms with Crippen molar-refractivity contribution in [3.8, 4) is 0 Å². The molecule has 0 N–H and O–H groups in total. The molecule has 16 heavy (non-hydrogen) atoms. The molecular weight excluding hydrogens is 239 g/mol. The Morgan fingerprint density at radius 2 is 2.19 bits per heavy atom. The lowest BCUT2D eigenvalue weighted by Crippen LogP contribution is -2.03. The quantitative estimate of drug-likeness (QED) is 0.749. The van der Waals surface area contributed by atoms with Gasteiger partial charge in [-0.1, -0.05) is 6.08 Å². The molecule has 0 spiro atoms. The predicted molar refractivity (Wildman–Crippen MR) is 53.4 cm³/mol. The highest BCUT2D eigenvalue weighted by molar-refractivity contribution is 7.13. The number of carbonyl (C=O) groups is 1. The van der Waals surface area contributed by atoms with Crippen LogP contribution < -0.4 is 0 Å². The molecule has 0 saturated heterocycles. The standard InChI is InChI=1S/C10H8F3NOS/c11-10(12,13)9-14-5-7(16-9)8(15)6-3-1-2-4-6/h3,5H,1-2,4H2. The zero-order chi connectivity index (χ0) is 11.8. The summed E-state index contributed by atoms with van der Waals surface area (Å²) in [5.74, 6) is -0.314. The first kappa shape index (κ1) is 11.3. The van der Waals surface area contributed by atoms with Crippen molar-refractivity contribution in [2.75, 3.05) is 0 Å². The molecule has 0 bridgehead atoms. The van der Waals surface area contributed by atoms with E-state index < -0.39 is 11.2 Å². The van der Waals surface area contributed by atoms with Gasteiger partial charge in [-0.25, -0.2) is 4.98 Å². The van der Waals surface area contributed by atoms with Crippen LogP contribution in [-0.4, -0.2) is 10.8 Å². The van der Waals surface area contributed by atoms with Crippen LogP contribution in [0.4, 0.5) is 13.2 Å². The minimum atomic E-state index is -4.47. The number of Topliss-reactive ketones (excluding diaryl/α,β-unsaturated/α-hetero) is 1. The molecule has 1 aliphatic rings. The Kier molecular flexibility index (Phi) is 2.84. The Balaban J connectivity index is 2.22. The van der Waals surface area contributed by atoms with Gasteiger partial charge in [-0.2, -0.15) is 13.2 Å². The number of halogens is 3. The van der Waals surface area contributed by atoms with Crippen LogP contribution in [0.25, 0.3) is 0 Å². The predicted octanol–water partition coefficient (Wildman–Crippen LogP) is 3.45. The van der Waals surface area contributed by atoms with Crippen molar-refractivity contribution in [2.45, 2.75) is 25.4 Å². The smallest absolute Gasteiger partial charge is 0.288 e. The van der Waals surface area contributed by atoms with Gasteiger partial charge in [-0.3, -0.25) is 4.79 Å². The number of carbonyl (C=O) groups excluding carboxylic acids is 1. The van der Waals surface area contributed by atoms with E-state index in [1.54, 1.807) is 6.08 Å². The summed E-state index contributed by atoms with van der Waals surface area (Å²) in [6.45, 7) is 0. The summed E-state index contributed by atoms with van der Waals surface area (Å²) in [7, 11) is 0. The topological polar surface area (TPSA) is 30.0 Å². The Hall–Kier alpha value is -1.17. The maximum Gasteiger partial charge on any atom is 0.443 e. The lowest BCUT2D eigenvalue weighted by Gasteiger charge is -1.99. The first-order valence-electron chi connectivity index (χ1n) is 4.75. The van der Waals surface area contributed by atoms with Gasteiger partial charge in [0.1, 0.15) is 0 Å². The minimum absolute atomic E-state index is 0.0699. The molecule has 1 aliphatic carbocycles. The maximum absolute atomic E-state index is 12.3. The highest BCUT2D eigenvalue weighted by Crippen LogP contribution is 2.33. The molecule has 0 unspecified atom stereocenters. The Morgan fingerprint density at radius 3 is 2.69 bits per heavy atom. The molecular formula is C10H8F3NOS. The van der Waals surface area contributed by atoms with Crippen LogP contribution in [0.3, 0.4) is 0 Å². The van der Waals surface area contributed by atoms with Gasteiger partial charge < -0.3 is 0 Å². The molecule has 1 aromatic rings. The normalized spacial score (nSPS) is 16.3. The van der Waals surface area contributed by atoms with Gasteiger partial charge in [0, 0.05) is 6.20 Å². The fourth-order valence-electron chi connectivity index (χ4n) is 1.55. The number of hydrogen-bond donors (Lipinski definition) is 0. The molecule has 0 saturated carbocycles. The highest BCUT2D eigenvalue weighted by atomic mass is 32.1. The van der Waals surface area contributed by atoms with Crippen molar-refractivity contribution in [2.24, 2.45) is 0 Å². The van der Waals surface area contributed by atoms with Crippen molar-refractivity contribution in [3.05, 3.63) is 27.7 Å². The number of hydrogen-bond acceptors (Lipinski definition) is 3. The monoisotopic (exact) mass is 247 g/mol. The molecule has 0 atom stereocenters. The fraction of sp³-hybridized carbons (Fsp3) is 0.400. The van der Waals surface area contributed by atoms with Crippen LogP contribution in [0, 0.1) is 0 Å². The van der Waals surface area contributed by atoms with Crippen molar-refractivity contribution >= 4 is 17.1 Å². The molecule has 0 aromatic carbocycles. The zero-order valence-electron chi connectivity index (χ0n) is 8.17. The number of allylic oxidation sites excluding steroid dienone is 2. The van der Waals surface area contributed by atoms with Gasteiger partial charge >= 0.3 is 6.18 Å². The van der Waals surface area contributed by atoms with Gasteiger partial charge in [-0.05, 0) is 24.8 Å². The summed E-state index contributed by atoms with van der Waals surface area (Å²) in [4.78, 5) is 15.0. The summed E-state index contributed by atoms with van der Waals surface area (Å²) in [6, 6.07) is 0. The van der Waals surface area contributed by atoms with E-state index in [2.05, 4.69) is 4.98 Å². The second kappa shape index (κ2) is 4.01. The van der Waals surface area contributed by atoms with E-state index in [9.17, 15) is 18.0 Å². The summed E-state index contributed by atoms with van der Waals surface area (Å²) in [5.41, 5.74) is 0.609. The summed E-state index contributed by atoms with van der Waals surface area (Å²) in [5, 5.41) is -0.963. The number of thiazole rings is 1. The SMILES string of the molecule is O=C(C1=CCCC1)c1cnc(C(F)(F)F)s1. The minimum Gasteiger partial charge on any atom is -0.288 e. The third-order valence-corrected chi connectivity index (χ3v) is 3.35. The third kappa shape index (κ3) is 2.16. The summed E-state index contributed by atoms with van der Waals surface area (Å²) in [6.07, 6.45) is 0.702. The number of rotatable bonds is 2. The first-order valence-corrected chi connectivity index (χ1v) is 5.57. The second-order valence-corrected chi connectivity index (χ2v) is 4.51. The molecule has 2 nitrogen and oxygen atoms in total. The van der Waals surface area contributed by atoms with Crippen LogP contribution in [0.2, 0.25) is 0 Å². The van der Waals surface area contributed by atoms with E-state index in [1.807, 2.05) is 0 Å². The zero-order valence-corrected chi connectivity index (χ0v) is 8.99. The highest BCUT2D eigenvalue weighted by Gasteiger charge is 2.35. The largest absolute Gasteiger partial charge is 0.443 e. The van der Waals surface area contributed by atoms with E-state index in [0.717, 1.165) is 19.0 Å². The Labute approximate surface area is 93.8 Å². The molecule has 0 aliphatic heterocycles. The lowest BCUT2D eigenvalue weighted by molar-refractivity contribution is -0.137. The molecule has 6 heteroatoms. The molecule has 1 heterocycles. The molecule has 0 amide bonds. The van der Waals surface area contributed by atoms with E-state index in [4.69, 9.17) is 0 Å². The molecule has 86 valence electrons. The first-order chi connectivity index (χ1) is 7.48. The van der Waals surface area contributed by atoms with E-state index in [0.29, 0.717) is 23.3 Å². The van der Waals surface area contributed by atoms with E-state index >= 15 is 0 Å². The maximum atomic E-state index is 12.3. The second-order valence-electron chi connectivity index (χ2n) is 3.48. The fourth-order valence-corrected chi connectivity index (χ4v) is 2.30. The number of ketones is 1. The number of alkyl halides is 3. The van der Waals surface area contributed by atoms with Crippen LogP contribution in [0.1, 0.15) is 33.9 Å². The van der Waals surface area contributed by atoms with Crippen LogP contribution >= 0.6 is 11.3 Å². The van der Waals surface area contributed by atoms with Gasteiger partial charge in [0.25, 0.3) is 0 Å². The van der Waals surface area contributed by atoms with Crippen molar-refractivity contribution in [1.29, 1.82) is 0 Å². The van der Waals surface area contributed by atoms with Crippen LogP contribution in [0.15, 0.2) is 17.8 Å². The van der Waals surface area contributed by atoms with Gasteiger partial charge in [-0.15, -0.1) is 11.3 Å². The molecule has 1 aromatic heterocycles. The number of aromatic nitrogens is 1. The molecule has 0 radical (unpaired) electrons. The van der Waals surface area contributed by atoms with Crippen molar-refractivity contribution in [3.63, 3.8) is 0 Å². The average molecular weight is 247 g/mol. The average Bonchev–Trinajstić information content (AvgIpc) is 2.87. The molecule has 2 rings (SSSR count). The molecule has 0 fully saturated rings. The van der Waals surface area contributed by atoms with Crippen LogP contribution in [0.5, 0.6) is 0 Å². The van der Waals surface area contributed by atoms with E-state index in [1.165, 1.54) is 0 Å². The van der Waals surface area contributed by atoms with E-state index in [-0.39, 0.29) is 10.7 Å².